The Labute approximate surface area is 106 Å². The second-order valence-corrected chi connectivity index (χ2v) is 4.32. The molecule has 0 aliphatic carbocycles. The summed E-state index contributed by atoms with van der Waals surface area (Å²) >= 11 is 6.06. The van der Waals surface area contributed by atoms with Crippen LogP contribution in [0.4, 0.5) is 0 Å². The van der Waals surface area contributed by atoms with E-state index < -0.39 is 0 Å². The van der Waals surface area contributed by atoms with Crippen molar-refractivity contribution in [3.63, 3.8) is 0 Å². The van der Waals surface area contributed by atoms with Gasteiger partial charge in [0, 0.05) is 23.8 Å². The number of aryl methyl sites for hydroxylation is 1. The highest BCUT2D eigenvalue weighted by molar-refractivity contribution is 6.30. The number of halogens is 1. The molecule has 90 valence electrons. The first-order valence-corrected chi connectivity index (χ1v) is 6.15. The predicted octanol–water partition coefficient (Wildman–Crippen LogP) is 2.59. The molecule has 0 bridgehead atoms. The van der Waals surface area contributed by atoms with Crippen LogP contribution in [0.15, 0.2) is 30.6 Å². The molecule has 0 aliphatic rings. The molecule has 0 spiro atoms. The van der Waals surface area contributed by atoms with Gasteiger partial charge in [-0.2, -0.15) is 0 Å². The zero-order valence-electron chi connectivity index (χ0n) is 9.86. The van der Waals surface area contributed by atoms with Crippen LogP contribution in [0, 0.1) is 0 Å². The molecule has 2 rings (SSSR count). The number of aromatic nitrogens is 2. The number of nitrogens with zero attached hydrogens (tertiary/aromatic N) is 2. The van der Waals surface area contributed by atoms with E-state index in [0.717, 1.165) is 29.4 Å². The summed E-state index contributed by atoms with van der Waals surface area (Å²) in [5.41, 5.74) is 7.91. The Morgan fingerprint density at radius 2 is 2.24 bits per heavy atom. The second-order valence-electron chi connectivity index (χ2n) is 3.88. The van der Waals surface area contributed by atoms with Crippen LogP contribution >= 0.6 is 11.6 Å². The highest BCUT2D eigenvalue weighted by atomic mass is 35.5. The van der Waals surface area contributed by atoms with E-state index in [2.05, 4.69) is 16.5 Å². The van der Waals surface area contributed by atoms with Crippen LogP contribution in [0.1, 0.15) is 18.3 Å². The summed E-state index contributed by atoms with van der Waals surface area (Å²) in [6, 6.07) is 5.90. The van der Waals surface area contributed by atoms with Gasteiger partial charge in [-0.05, 0) is 30.7 Å². The number of imidazole rings is 1. The molecule has 2 aromatic rings. The van der Waals surface area contributed by atoms with E-state index in [1.807, 2.05) is 30.6 Å². The third-order valence-electron chi connectivity index (χ3n) is 2.75. The average Bonchev–Trinajstić information content (AvgIpc) is 2.79. The molecular formula is C13H16ClN3. The van der Waals surface area contributed by atoms with Gasteiger partial charge in [0.05, 0.1) is 5.69 Å². The first-order chi connectivity index (χ1) is 8.26. The van der Waals surface area contributed by atoms with Gasteiger partial charge in [0.2, 0.25) is 0 Å². The molecule has 1 aromatic heterocycles. The van der Waals surface area contributed by atoms with E-state index in [9.17, 15) is 0 Å². The minimum atomic E-state index is 0.630. The summed E-state index contributed by atoms with van der Waals surface area (Å²) in [6.45, 7) is 2.72. The van der Waals surface area contributed by atoms with Crippen molar-refractivity contribution in [2.24, 2.45) is 5.73 Å². The molecule has 1 heterocycles. The molecule has 0 amide bonds. The molecule has 2 N–H and O–H groups in total. The number of benzene rings is 1. The Bertz CT molecular complexity index is 505. The van der Waals surface area contributed by atoms with Crippen molar-refractivity contribution >= 4 is 11.6 Å². The van der Waals surface area contributed by atoms with Crippen molar-refractivity contribution in [1.82, 2.24) is 9.55 Å². The summed E-state index contributed by atoms with van der Waals surface area (Å²) in [7, 11) is 0. The SMILES string of the molecule is CCc1nccn1-c1cc(Cl)ccc1CCN. The molecule has 0 aliphatic heterocycles. The number of hydrogen-bond acceptors (Lipinski definition) is 2. The minimum Gasteiger partial charge on any atom is -0.330 e. The van der Waals surface area contributed by atoms with Crippen LogP contribution in [-0.4, -0.2) is 16.1 Å². The monoisotopic (exact) mass is 249 g/mol. The normalized spacial score (nSPS) is 10.8. The molecule has 0 fully saturated rings. The van der Waals surface area contributed by atoms with Crippen molar-refractivity contribution in [3.05, 3.63) is 47.0 Å². The van der Waals surface area contributed by atoms with Gasteiger partial charge in [0.25, 0.3) is 0 Å². The topological polar surface area (TPSA) is 43.8 Å². The standard InChI is InChI=1S/C13H16ClN3/c1-2-13-16-7-8-17(13)12-9-11(14)4-3-10(12)5-6-15/h3-4,7-9H,2,5-6,15H2,1H3. The minimum absolute atomic E-state index is 0.630. The van der Waals surface area contributed by atoms with Crippen molar-refractivity contribution in [2.75, 3.05) is 6.54 Å². The van der Waals surface area contributed by atoms with Crippen LogP contribution in [-0.2, 0) is 12.8 Å². The summed E-state index contributed by atoms with van der Waals surface area (Å²) < 4.78 is 2.08. The van der Waals surface area contributed by atoms with E-state index in [4.69, 9.17) is 17.3 Å². The maximum Gasteiger partial charge on any atom is 0.112 e. The second kappa shape index (κ2) is 5.34. The summed E-state index contributed by atoms with van der Waals surface area (Å²) in [5, 5.41) is 0.733. The molecule has 0 radical (unpaired) electrons. The lowest BCUT2D eigenvalue weighted by atomic mass is 10.1. The van der Waals surface area contributed by atoms with Gasteiger partial charge in [0.1, 0.15) is 5.82 Å². The third kappa shape index (κ3) is 2.51. The Balaban J connectivity index is 2.52. The fourth-order valence-corrected chi connectivity index (χ4v) is 2.11. The molecule has 17 heavy (non-hydrogen) atoms. The van der Waals surface area contributed by atoms with Gasteiger partial charge in [0.15, 0.2) is 0 Å². The summed E-state index contributed by atoms with van der Waals surface area (Å²) in [5.74, 6) is 1.03. The van der Waals surface area contributed by atoms with Crippen LogP contribution in [0.3, 0.4) is 0 Å². The molecule has 0 saturated heterocycles. The lowest BCUT2D eigenvalue weighted by Gasteiger charge is -2.12. The Kier molecular flexibility index (Phi) is 3.82. The quantitative estimate of drug-likeness (QED) is 0.905. The lowest BCUT2D eigenvalue weighted by Crippen LogP contribution is -2.08. The highest BCUT2D eigenvalue weighted by Crippen LogP contribution is 2.21. The first-order valence-electron chi connectivity index (χ1n) is 5.77. The summed E-state index contributed by atoms with van der Waals surface area (Å²) in [6.07, 6.45) is 5.51. The maximum absolute atomic E-state index is 6.06. The van der Waals surface area contributed by atoms with E-state index in [1.165, 1.54) is 5.56 Å². The number of rotatable bonds is 4. The van der Waals surface area contributed by atoms with E-state index in [-0.39, 0.29) is 0 Å². The fourth-order valence-electron chi connectivity index (χ4n) is 1.94. The fraction of sp³-hybridized carbons (Fsp3) is 0.308. The predicted molar refractivity (Wildman–Crippen MR) is 70.7 cm³/mol. The Hall–Kier alpha value is -1.32. The van der Waals surface area contributed by atoms with Crippen LogP contribution in [0.25, 0.3) is 5.69 Å². The van der Waals surface area contributed by atoms with Gasteiger partial charge in [-0.1, -0.05) is 24.6 Å². The number of hydrogen-bond donors (Lipinski definition) is 1. The van der Waals surface area contributed by atoms with Crippen molar-refractivity contribution in [1.29, 1.82) is 0 Å². The molecule has 4 heteroatoms. The van der Waals surface area contributed by atoms with Crippen LogP contribution in [0.2, 0.25) is 5.02 Å². The Morgan fingerprint density at radius 3 is 2.94 bits per heavy atom. The molecule has 3 nitrogen and oxygen atoms in total. The highest BCUT2D eigenvalue weighted by Gasteiger charge is 2.08. The van der Waals surface area contributed by atoms with Crippen molar-refractivity contribution in [2.45, 2.75) is 19.8 Å². The first kappa shape index (κ1) is 12.1. The maximum atomic E-state index is 6.06. The molecular weight excluding hydrogens is 234 g/mol. The molecule has 0 saturated carbocycles. The van der Waals surface area contributed by atoms with Crippen LogP contribution < -0.4 is 5.73 Å². The lowest BCUT2D eigenvalue weighted by molar-refractivity contribution is 0.868. The molecule has 1 aromatic carbocycles. The largest absolute Gasteiger partial charge is 0.330 e. The van der Waals surface area contributed by atoms with Crippen molar-refractivity contribution in [3.8, 4) is 5.69 Å². The van der Waals surface area contributed by atoms with E-state index >= 15 is 0 Å². The van der Waals surface area contributed by atoms with Gasteiger partial charge in [-0.3, -0.25) is 0 Å². The van der Waals surface area contributed by atoms with Gasteiger partial charge < -0.3 is 10.3 Å². The zero-order chi connectivity index (χ0) is 12.3. The third-order valence-corrected chi connectivity index (χ3v) is 2.99. The smallest absolute Gasteiger partial charge is 0.112 e. The number of nitrogens with two attached hydrogens (primary N) is 1. The average molecular weight is 250 g/mol. The van der Waals surface area contributed by atoms with Crippen LogP contribution in [0.5, 0.6) is 0 Å². The molecule has 0 atom stereocenters. The van der Waals surface area contributed by atoms with Crippen molar-refractivity contribution < 1.29 is 0 Å². The zero-order valence-corrected chi connectivity index (χ0v) is 10.6. The van der Waals surface area contributed by atoms with Gasteiger partial charge in [-0.25, -0.2) is 4.98 Å². The van der Waals surface area contributed by atoms with Gasteiger partial charge >= 0.3 is 0 Å². The van der Waals surface area contributed by atoms with Gasteiger partial charge in [-0.15, -0.1) is 0 Å². The van der Waals surface area contributed by atoms with E-state index in [1.54, 1.807) is 0 Å². The molecule has 0 unspecified atom stereocenters. The van der Waals surface area contributed by atoms with E-state index in [0.29, 0.717) is 6.54 Å². The summed E-state index contributed by atoms with van der Waals surface area (Å²) in [4.78, 5) is 4.33. The Morgan fingerprint density at radius 1 is 1.41 bits per heavy atom.